The number of amides is 1. The van der Waals surface area contributed by atoms with Gasteiger partial charge in [-0.15, -0.1) is 0 Å². The molecule has 0 bridgehead atoms. The largest absolute Gasteiger partial charge is 0.468 e. The van der Waals surface area contributed by atoms with Crippen molar-refractivity contribution in [3.8, 4) is 0 Å². The summed E-state index contributed by atoms with van der Waals surface area (Å²) in [5, 5.41) is 0.324. The third-order valence-electron chi connectivity index (χ3n) is 3.34. The maximum absolute atomic E-state index is 11.6. The highest BCUT2D eigenvalue weighted by Gasteiger charge is 2.51. The summed E-state index contributed by atoms with van der Waals surface area (Å²) >= 11 is 5.09. The highest BCUT2D eigenvalue weighted by molar-refractivity contribution is 7.80. The average Bonchev–Trinajstić information content (AvgIpc) is 2.43. The van der Waals surface area contributed by atoms with Crippen LogP contribution in [0.3, 0.4) is 0 Å². The van der Waals surface area contributed by atoms with E-state index in [0.717, 1.165) is 0 Å². The number of carbonyl (C=O) groups excluding carboxylic acids is 1. The molecule has 1 rings (SSSR count). The fourth-order valence-corrected chi connectivity index (χ4v) is 2.77. The molecule has 1 heterocycles. The fourth-order valence-electron chi connectivity index (χ4n) is 2.41. The van der Waals surface area contributed by atoms with Gasteiger partial charge in [-0.25, -0.2) is 0 Å². The Hall–Kier alpha value is -0.640. The zero-order valence-electron chi connectivity index (χ0n) is 10.0. The Morgan fingerprint density at radius 1 is 1.40 bits per heavy atom. The van der Waals surface area contributed by atoms with E-state index in [-0.39, 0.29) is 11.4 Å². The Morgan fingerprint density at radius 3 is 2.13 bits per heavy atom. The van der Waals surface area contributed by atoms with Gasteiger partial charge in [0.2, 0.25) is 5.91 Å². The molecule has 86 valence electrons. The fraction of sp³-hybridized carbons (Fsp3) is 0.818. The lowest BCUT2D eigenvalue weighted by Crippen LogP contribution is -2.56. The van der Waals surface area contributed by atoms with E-state index in [0.29, 0.717) is 23.6 Å². The Bertz CT molecular complexity index is 278. The van der Waals surface area contributed by atoms with Crippen LogP contribution in [0.4, 0.5) is 0 Å². The summed E-state index contributed by atoms with van der Waals surface area (Å²) in [5.74, 6) is 0.614. The summed E-state index contributed by atoms with van der Waals surface area (Å²) in [6.07, 6.45) is 0. The zero-order valence-corrected chi connectivity index (χ0v) is 10.9. The smallest absolute Gasteiger partial charge is 0.266 e. The Balaban J connectivity index is 3.18. The van der Waals surface area contributed by atoms with Crippen LogP contribution in [-0.2, 0) is 9.53 Å². The van der Waals surface area contributed by atoms with E-state index < -0.39 is 0 Å². The van der Waals surface area contributed by atoms with Gasteiger partial charge in [0.1, 0.15) is 6.61 Å². The summed E-state index contributed by atoms with van der Waals surface area (Å²) < 4.78 is 5.40. The van der Waals surface area contributed by atoms with Crippen molar-refractivity contribution in [2.75, 3.05) is 6.61 Å². The average molecular weight is 229 g/mol. The van der Waals surface area contributed by atoms with Crippen LogP contribution in [0.25, 0.3) is 0 Å². The van der Waals surface area contributed by atoms with Crippen LogP contribution in [0, 0.1) is 11.8 Å². The van der Waals surface area contributed by atoms with Crippen molar-refractivity contribution in [2.45, 2.75) is 40.2 Å². The minimum atomic E-state index is -0.275. The zero-order chi connectivity index (χ0) is 11.8. The molecule has 0 N–H and O–H groups in total. The van der Waals surface area contributed by atoms with Gasteiger partial charge in [0.05, 0.1) is 5.54 Å². The molecular formula is C11H19NO2S. The molecule has 0 spiro atoms. The number of carbonyl (C=O) groups is 1. The minimum absolute atomic E-state index is 0.0279. The molecule has 15 heavy (non-hydrogen) atoms. The third-order valence-corrected chi connectivity index (χ3v) is 3.64. The molecule has 4 heteroatoms. The highest BCUT2D eigenvalue weighted by atomic mass is 32.1. The Morgan fingerprint density at radius 2 is 1.87 bits per heavy atom. The molecule has 0 aliphatic carbocycles. The van der Waals surface area contributed by atoms with E-state index in [4.69, 9.17) is 17.0 Å². The molecule has 0 radical (unpaired) electrons. The monoisotopic (exact) mass is 229 g/mol. The van der Waals surface area contributed by atoms with Crippen LogP contribution in [0.1, 0.15) is 34.6 Å². The van der Waals surface area contributed by atoms with E-state index in [2.05, 4.69) is 27.7 Å². The van der Waals surface area contributed by atoms with Gasteiger partial charge in [-0.3, -0.25) is 9.69 Å². The molecule has 3 nitrogen and oxygen atoms in total. The van der Waals surface area contributed by atoms with Crippen molar-refractivity contribution in [3.05, 3.63) is 0 Å². The maximum Gasteiger partial charge on any atom is 0.266 e. The van der Waals surface area contributed by atoms with E-state index in [1.165, 1.54) is 0 Å². The highest BCUT2D eigenvalue weighted by Crippen LogP contribution is 2.38. The second-order valence-corrected chi connectivity index (χ2v) is 5.06. The summed E-state index contributed by atoms with van der Waals surface area (Å²) in [4.78, 5) is 13.3. The van der Waals surface area contributed by atoms with Crippen LogP contribution >= 0.6 is 12.2 Å². The first-order valence-electron chi connectivity index (χ1n) is 5.31. The van der Waals surface area contributed by atoms with Gasteiger partial charge in [0.25, 0.3) is 5.17 Å². The molecule has 0 aromatic carbocycles. The SMILES string of the molecule is CC(=O)N1C(=S)OCC1(C(C)C)C(C)C. The molecule has 1 aliphatic rings. The first-order valence-corrected chi connectivity index (χ1v) is 5.72. The second kappa shape index (κ2) is 4.08. The van der Waals surface area contributed by atoms with Crippen molar-refractivity contribution < 1.29 is 9.53 Å². The molecule has 0 saturated carbocycles. The molecule has 0 aromatic heterocycles. The maximum atomic E-state index is 11.6. The first kappa shape index (κ1) is 12.4. The van der Waals surface area contributed by atoms with Gasteiger partial charge in [-0.05, 0) is 24.1 Å². The topological polar surface area (TPSA) is 29.5 Å². The van der Waals surface area contributed by atoms with Crippen molar-refractivity contribution in [1.82, 2.24) is 4.90 Å². The van der Waals surface area contributed by atoms with Gasteiger partial charge in [0.15, 0.2) is 0 Å². The van der Waals surface area contributed by atoms with Crippen molar-refractivity contribution >= 4 is 23.3 Å². The molecule has 1 saturated heterocycles. The number of ether oxygens (including phenoxy) is 1. The Kier molecular flexibility index (Phi) is 3.38. The quantitative estimate of drug-likeness (QED) is 0.680. The summed E-state index contributed by atoms with van der Waals surface area (Å²) in [6.45, 7) is 10.5. The lowest BCUT2D eigenvalue weighted by Gasteiger charge is -2.41. The van der Waals surface area contributed by atoms with Crippen LogP contribution in [-0.4, -0.2) is 28.1 Å². The molecule has 1 aliphatic heterocycles. The van der Waals surface area contributed by atoms with Gasteiger partial charge in [0, 0.05) is 6.92 Å². The lowest BCUT2D eigenvalue weighted by molar-refractivity contribution is -0.131. The van der Waals surface area contributed by atoms with Crippen LogP contribution in [0.2, 0.25) is 0 Å². The van der Waals surface area contributed by atoms with Crippen LogP contribution < -0.4 is 0 Å². The van der Waals surface area contributed by atoms with Crippen LogP contribution in [0.5, 0.6) is 0 Å². The molecule has 0 aromatic rings. The number of hydrogen-bond donors (Lipinski definition) is 0. The Labute approximate surface area is 96.8 Å². The third kappa shape index (κ3) is 1.75. The first-order chi connectivity index (χ1) is 6.84. The van der Waals surface area contributed by atoms with E-state index in [1.54, 1.807) is 11.8 Å². The summed E-state index contributed by atoms with van der Waals surface area (Å²) in [6, 6.07) is 0. The van der Waals surface area contributed by atoms with E-state index in [9.17, 15) is 4.79 Å². The molecule has 1 fully saturated rings. The predicted molar refractivity (Wildman–Crippen MR) is 63.5 cm³/mol. The van der Waals surface area contributed by atoms with Gasteiger partial charge >= 0.3 is 0 Å². The molecule has 0 unspecified atom stereocenters. The van der Waals surface area contributed by atoms with Gasteiger partial charge in [-0.1, -0.05) is 27.7 Å². The molecule has 1 amide bonds. The number of hydrogen-bond acceptors (Lipinski definition) is 3. The molecular weight excluding hydrogens is 210 g/mol. The van der Waals surface area contributed by atoms with Crippen LogP contribution in [0.15, 0.2) is 0 Å². The molecule has 0 atom stereocenters. The van der Waals surface area contributed by atoms with Crippen molar-refractivity contribution in [3.63, 3.8) is 0 Å². The predicted octanol–water partition coefficient (Wildman–Crippen LogP) is 2.20. The number of thiocarbonyl (C=S) groups is 1. The van der Waals surface area contributed by atoms with Crippen molar-refractivity contribution in [2.24, 2.45) is 11.8 Å². The number of nitrogens with zero attached hydrogens (tertiary/aromatic N) is 1. The van der Waals surface area contributed by atoms with Gasteiger partial charge in [-0.2, -0.15) is 0 Å². The normalized spacial score (nSPS) is 19.9. The lowest BCUT2D eigenvalue weighted by atomic mass is 9.77. The second-order valence-electron chi connectivity index (χ2n) is 4.71. The summed E-state index contributed by atoms with van der Waals surface area (Å²) in [5.41, 5.74) is -0.275. The standard InChI is InChI=1S/C11H19NO2S/c1-7(2)11(8(3)4)6-14-10(15)12(11)9(5)13/h7-8H,6H2,1-5H3. The minimum Gasteiger partial charge on any atom is -0.468 e. The number of rotatable bonds is 2. The summed E-state index contributed by atoms with van der Waals surface area (Å²) in [7, 11) is 0. The van der Waals surface area contributed by atoms with E-state index >= 15 is 0 Å². The van der Waals surface area contributed by atoms with Gasteiger partial charge < -0.3 is 4.74 Å². The van der Waals surface area contributed by atoms with E-state index in [1.807, 2.05) is 0 Å². The van der Waals surface area contributed by atoms with Crippen molar-refractivity contribution in [1.29, 1.82) is 0 Å².